The van der Waals surface area contributed by atoms with E-state index in [4.69, 9.17) is 16.1 Å². The van der Waals surface area contributed by atoms with E-state index in [1.807, 2.05) is 0 Å². The number of hydrogen-bond donors (Lipinski definition) is 0. The van der Waals surface area contributed by atoms with Crippen molar-refractivity contribution in [1.82, 2.24) is 15.1 Å². The molecule has 6 heteroatoms. The molecule has 0 spiro atoms. The number of carbonyl (C=O) groups is 1. The highest BCUT2D eigenvalue weighted by Crippen LogP contribution is 2.29. The first kappa shape index (κ1) is 12.3. The van der Waals surface area contributed by atoms with Crippen molar-refractivity contribution in [3.63, 3.8) is 0 Å². The Balaban J connectivity index is 1.86. The summed E-state index contributed by atoms with van der Waals surface area (Å²) >= 11 is 5.77. The van der Waals surface area contributed by atoms with Gasteiger partial charge in [0.05, 0.1) is 10.9 Å². The van der Waals surface area contributed by atoms with Crippen LogP contribution in [-0.4, -0.2) is 20.9 Å². The van der Waals surface area contributed by atoms with Gasteiger partial charge in [0, 0.05) is 12.6 Å². The third kappa shape index (κ3) is 2.51. The molecule has 1 aliphatic carbocycles. The Hall–Kier alpha value is -1.75. The summed E-state index contributed by atoms with van der Waals surface area (Å²) in [5.74, 6) is 0.731. The second-order valence-electron chi connectivity index (χ2n) is 4.58. The molecule has 1 aliphatic rings. The smallest absolute Gasteiger partial charge is 0.237 e. The minimum absolute atomic E-state index is 0.186. The Morgan fingerprint density at radius 1 is 1.32 bits per heavy atom. The lowest BCUT2D eigenvalue weighted by atomic mass is 9.88. The lowest BCUT2D eigenvalue weighted by Gasteiger charge is -2.16. The van der Waals surface area contributed by atoms with Gasteiger partial charge in [-0.1, -0.05) is 23.2 Å². The van der Waals surface area contributed by atoms with Crippen LogP contribution in [0.25, 0.3) is 11.5 Å². The summed E-state index contributed by atoms with van der Waals surface area (Å²) in [6.07, 6.45) is 4.89. The quantitative estimate of drug-likeness (QED) is 0.844. The molecule has 0 aliphatic heterocycles. The fourth-order valence-corrected chi connectivity index (χ4v) is 2.34. The van der Waals surface area contributed by atoms with Crippen LogP contribution in [0.4, 0.5) is 0 Å². The van der Waals surface area contributed by atoms with E-state index in [0.717, 1.165) is 19.3 Å². The van der Waals surface area contributed by atoms with Crippen molar-refractivity contribution in [1.29, 1.82) is 0 Å². The zero-order valence-electron chi connectivity index (χ0n) is 10.2. The third-order valence-corrected chi connectivity index (χ3v) is 3.47. The number of aromatic nitrogens is 3. The van der Waals surface area contributed by atoms with Crippen LogP contribution in [-0.2, 0) is 4.79 Å². The molecule has 0 aromatic carbocycles. The molecule has 1 saturated carbocycles. The van der Waals surface area contributed by atoms with E-state index in [0.29, 0.717) is 28.9 Å². The Labute approximate surface area is 115 Å². The van der Waals surface area contributed by atoms with Crippen LogP contribution in [0.5, 0.6) is 0 Å². The number of pyridine rings is 1. The fourth-order valence-electron chi connectivity index (χ4n) is 2.23. The van der Waals surface area contributed by atoms with Gasteiger partial charge >= 0.3 is 0 Å². The van der Waals surface area contributed by atoms with Crippen molar-refractivity contribution in [2.24, 2.45) is 0 Å². The van der Waals surface area contributed by atoms with Crippen molar-refractivity contribution < 1.29 is 9.32 Å². The summed E-state index contributed by atoms with van der Waals surface area (Å²) < 4.78 is 5.20. The molecule has 0 radical (unpaired) electrons. The van der Waals surface area contributed by atoms with E-state index in [-0.39, 0.29) is 11.7 Å². The minimum Gasteiger partial charge on any atom is -0.338 e. The molecule has 0 saturated heterocycles. The molecule has 98 valence electrons. The van der Waals surface area contributed by atoms with Gasteiger partial charge in [-0.25, -0.2) is 0 Å². The van der Waals surface area contributed by atoms with Gasteiger partial charge < -0.3 is 4.52 Å². The Morgan fingerprint density at radius 3 is 2.95 bits per heavy atom. The average Bonchev–Trinajstić information content (AvgIpc) is 2.89. The molecular formula is C13H12ClN3O2. The highest BCUT2D eigenvalue weighted by atomic mass is 35.5. The molecule has 2 aromatic heterocycles. The molecule has 1 atom stereocenters. The van der Waals surface area contributed by atoms with Gasteiger partial charge in [0.15, 0.2) is 0 Å². The number of ketones is 1. The molecule has 1 unspecified atom stereocenters. The van der Waals surface area contributed by atoms with Crippen molar-refractivity contribution in [3.05, 3.63) is 29.2 Å². The van der Waals surface area contributed by atoms with Crippen LogP contribution in [0.1, 0.15) is 37.5 Å². The number of nitrogens with zero attached hydrogens (tertiary/aromatic N) is 3. The highest BCUT2D eigenvalue weighted by Gasteiger charge is 2.29. The molecule has 0 bridgehead atoms. The largest absolute Gasteiger partial charge is 0.338 e. The predicted octanol–water partition coefficient (Wildman–Crippen LogP) is 3.01. The van der Waals surface area contributed by atoms with Crippen LogP contribution >= 0.6 is 11.6 Å². The standard InChI is InChI=1S/C13H12ClN3O2/c14-8-5-6-10(15-7-8)12-16-13(19-17-12)9-3-1-2-4-11(9)18/h5-7,9H,1-4H2. The van der Waals surface area contributed by atoms with Crippen molar-refractivity contribution in [3.8, 4) is 11.5 Å². The molecule has 0 N–H and O–H groups in total. The summed E-state index contributed by atoms with van der Waals surface area (Å²) in [5.41, 5.74) is 0.586. The van der Waals surface area contributed by atoms with Crippen molar-refractivity contribution >= 4 is 17.4 Å². The number of hydrogen-bond acceptors (Lipinski definition) is 5. The maximum atomic E-state index is 11.8. The second kappa shape index (κ2) is 5.09. The lowest BCUT2D eigenvalue weighted by molar-refractivity contribution is -0.122. The highest BCUT2D eigenvalue weighted by molar-refractivity contribution is 6.30. The average molecular weight is 278 g/mol. The zero-order chi connectivity index (χ0) is 13.2. The van der Waals surface area contributed by atoms with Gasteiger partial charge in [-0.15, -0.1) is 0 Å². The van der Waals surface area contributed by atoms with Gasteiger partial charge in [0.25, 0.3) is 0 Å². The molecule has 3 rings (SSSR count). The van der Waals surface area contributed by atoms with Crippen LogP contribution < -0.4 is 0 Å². The Morgan fingerprint density at radius 2 is 2.21 bits per heavy atom. The molecule has 1 fully saturated rings. The van der Waals surface area contributed by atoms with E-state index in [9.17, 15) is 4.79 Å². The molecule has 19 heavy (non-hydrogen) atoms. The summed E-state index contributed by atoms with van der Waals surface area (Å²) in [7, 11) is 0. The fraction of sp³-hybridized carbons (Fsp3) is 0.385. The summed E-state index contributed by atoms with van der Waals surface area (Å²) in [6.45, 7) is 0. The van der Waals surface area contributed by atoms with Crippen LogP contribution in [0, 0.1) is 0 Å². The molecule has 5 nitrogen and oxygen atoms in total. The normalized spacial score (nSPS) is 19.6. The molecule has 2 heterocycles. The Bertz CT molecular complexity index is 594. The van der Waals surface area contributed by atoms with E-state index < -0.39 is 0 Å². The Kier molecular flexibility index (Phi) is 3.29. The summed E-state index contributed by atoms with van der Waals surface area (Å²) in [5, 5.41) is 4.43. The van der Waals surface area contributed by atoms with Gasteiger partial charge in [0.2, 0.25) is 11.7 Å². The topological polar surface area (TPSA) is 68.9 Å². The number of carbonyl (C=O) groups excluding carboxylic acids is 1. The first-order valence-corrected chi connectivity index (χ1v) is 6.60. The molecular weight excluding hydrogens is 266 g/mol. The van der Waals surface area contributed by atoms with Gasteiger partial charge in [0.1, 0.15) is 11.5 Å². The van der Waals surface area contributed by atoms with E-state index in [1.54, 1.807) is 12.1 Å². The SMILES string of the molecule is O=C1CCCCC1c1nc(-c2ccc(Cl)cn2)no1. The maximum Gasteiger partial charge on any atom is 0.237 e. The van der Waals surface area contributed by atoms with E-state index in [1.165, 1.54) is 6.20 Å². The van der Waals surface area contributed by atoms with Crippen LogP contribution in [0.15, 0.2) is 22.9 Å². The van der Waals surface area contributed by atoms with Crippen molar-refractivity contribution in [2.75, 3.05) is 0 Å². The molecule has 2 aromatic rings. The molecule has 0 amide bonds. The number of Topliss-reactive ketones (excluding diaryl/α,β-unsaturated/α-hetero) is 1. The van der Waals surface area contributed by atoms with E-state index >= 15 is 0 Å². The maximum absolute atomic E-state index is 11.8. The van der Waals surface area contributed by atoms with Gasteiger partial charge in [-0.3, -0.25) is 9.78 Å². The predicted molar refractivity (Wildman–Crippen MR) is 68.8 cm³/mol. The zero-order valence-corrected chi connectivity index (χ0v) is 10.9. The third-order valence-electron chi connectivity index (χ3n) is 3.25. The first-order chi connectivity index (χ1) is 9.24. The van der Waals surface area contributed by atoms with Gasteiger partial charge in [-0.05, 0) is 25.0 Å². The summed E-state index contributed by atoms with van der Waals surface area (Å²) in [6, 6.07) is 3.44. The number of halogens is 1. The van der Waals surface area contributed by atoms with Crippen LogP contribution in [0.3, 0.4) is 0 Å². The lowest BCUT2D eigenvalue weighted by Crippen LogP contribution is -2.17. The van der Waals surface area contributed by atoms with E-state index in [2.05, 4.69) is 15.1 Å². The van der Waals surface area contributed by atoms with Crippen molar-refractivity contribution in [2.45, 2.75) is 31.6 Å². The monoisotopic (exact) mass is 277 g/mol. The number of rotatable bonds is 2. The summed E-state index contributed by atoms with van der Waals surface area (Å²) in [4.78, 5) is 20.2. The first-order valence-electron chi connectivity index (χ1n) is 6.22. The second-order valence-corrected chi connectivity index (χ2v) is 5.02. The van der Waals surface area contributed by atoms with Crippen LogP contribution in [0.2, 0.25) is 5.02 Å². The minimum atomic E-state index is -0.248. The van der Waals surface area contributed by atoms with Gasteiger partial charge in [-0.2, -0.15) is 4.98 Å².